The fourth-order valence-electron chi connectivity index (χ4n) is 3.49. The van der Waals surface area contributed by atoms with Crippen LogP contribution in [0.15, 0.2) is 41.6 Å². The third kappa shape index (κ3) is 3.15. The SMILES string of the molecule is Cc1cc(C(=O)Cn2cnc3c(cnn3C)c2=O)c(C)n1-c1ccc(F)c(Cl)c1. The molecule has 9 heteroatoms. The third-order valence-corrected chi connectivity index (χ3v) is 5.21. The number of aromatic nitrogens is 5. The van der Waals surface area contributed by atoms with Crippen molar-refractivity contribution in [1.29, 1.82) is 0 Å². The molecule has 1 aromatic carbocycles. The average Bonchev–Trinajstić information content (AvgIpc) is 3.20. The van der Waals surface area contributed by atoms with Crippen molar-refractivity contribution in [3.63, 3.8) is 0 Å². The van der Waals surface area contributed by atoms with Gasteiger partial charge in [-0.25, -0.2) is 9.37 Å². The number of hydrogen-bond acceptors (Lipinski definition) is 4. The van der Waals surface area contributed by atoms with E-state index in [1.165, 1.54) is 33.9 Å². The van der Waals surface area contributed by atoms with E-state index in [4.69, 9.17) is 11.6 Å². The lowest BCUT2D eigenvalue weighted by Gasteiger charge is -2.11. The van der Waals surface area contributed by atoms with Crippen molar-refractivity contribution in [3.05, 3.63) is 74.9 Å². The first-order chi connectivity index (χ1) is 13.8. The van der Waals surface area contributed by atoms with Crippen molar-refractivity contribution in [1.82, 2.24) is 23.9 Å². The minimum atomic E-state index is -0.508. The lowest BCUT2D eigenvalue weighted by atomic mass is 10.1. The van der Waals surface area contributed by atoms with Crippen LogP contribution in [0.3, 0.4) is 0 Å². The molecule has 0 aliphatic heterocycles. The molecule has 4 rings (SSSR count). The molecule has 0 amide bonds. The average molecular weight is 414 g/mol. The van der Waals surface area contributed by atoms with Crippen molar-refractivity contribution < 1.29 is 9.18 Å². The predicted octanol–water partition coefficient (Wildman–Crippen LogP) is 3.21. The molecule has 0 saturated carbocycles. The van der Waals surface area contributed by atoms with Gasteiger partial charge in [0.1, 0.15) is 17.5 Å². The van der Waals surface area contributed by atoms with Gasteiger partial charge in [-0.05, 0) is 38.1 Å². The smallest absolute Gasteiger partial charge is 0.264 e. The molecule has 0 bridgehead atoms. The van der Waals surface area contributed by atoms with Crippen molar-refractivity contribution in [2.75, 3.05) is 0 Å². The minimum Gasteiger partial charge on any atom is -0.318 e. The molecule has 0 aliphatic rings. The maximum atomic E-state index is 13.5. The number of benzene rings is 1. The summed E-state index contributed by atoms with van der Waals surface area (Å²) in [7, 11) is 1.70. The molecule has 0 unspecified atom stereocenters. The minimum absolute atomic E-state index is 0.00489. The number of carbonyl (C=O) groups excluding carboxylic acids is 1. The lowest BCUT2D eigenvalue weighted by Crippen LogP contribution is -2.24. The summed E-state index contributed by atoms with van der Waals surface area (Å²) in [5, 5.41) is 4.39. The van der Waals surface area contributed by atoms with Gasteiger partial charge in [0.05, 0.1) is 17.8 Å². The normalized spacial score (nSPS) is 11.3. The molecule has 29 heavy (non-hydrogen) atoms. The van der Waals surface area contributed by atoms with Gasteiger partial charge in [-0.1, -0.05) is 11.6 Å². The highest BCUT2D eigenvalue weighted by molar-refractivity contribution is 6.30. The summed E-state index contributed by atoms with van der Waals surface area (Å²) < 4.78 is 18.1. The Kier molecular flexibility index (Phi) is 4.58. The molecule has 3 heterocycles. The van der Waals surface area contributed by atoms with Crippen LogP contribution in [0.25, 0.3) is 16.7 Å². The Morgan fingerprint density at radius 3 is 2.72 bits per heavy atom. The second kappa shape index (κ2) is 6.97. The highest BCUT2D eigenvalue weighted by Crippen LogP contribution is 2.25. The van der Waals surface area contributed by atoms with Gasteiger partial charge in [0.25, 0.3) is 5.56 Å². The number of Topliss-reactive ketones (excluding diaryl/α,β-unsaturated/α-hetero) is 1. The standard InChI is InChI=1S/C20H17ClFN5O2/c1-11-6-14(12(2)27(11)13-4-5-17(22)16(21)7-13)18(28)9-26-10-23-19-15(20(26)29)8-24-25(19)3/h4-8,10H,9H2,1-3H3. The molecule has 0 spiro atoms. The van der Waals surface area contributed by atoms with E-state index in [0.717, 1.165) is 5.69 Å². The van der Waals surface area contributed by atoms with Gasteiger partial charge in [0.2, 0.25) is 0 Å². The van der Waals surface area contributed by atoms with E-state index in [1.54, 1.807) is 26.1 Å². The first-order valence-electron chi connectivity index (χ1n) is 8.82. The molecular weight excluding hydrogens is 397 g/mol. The highest BCUT2D eigenvalue weighted by atomic mass is 35.5. The first kappa shape index (κ1) is 19.1. The molecule has 0 N–H and O–H groups in total. The molecule has 0 atom stereocenters. The van der Waals surface area contributed by atoms with E-state index < -0.39 is 5.82 Å². The summed E-state index contributed by atoms with van der Waals surface area (Å²) in [5.41, 5.74) is 2.74. The second-order valence-electron chi connectivity index (χ2n) is 6.82. The van der Waals surface area contributed by atoms with E-state index >= 15 is 0 Å². The van der Waals surface area contributed by atoms with E-state index in [0.29, 0.717) is 28.0 Å². The van der Waals surface area contributed by atoms with Gasteiger partial charge in [0, 0.05) is 29.7 Å². The largest absolute Gasteiger partial charge is 0.318 e. The first-order valence-corrected chi connectivity index (χ1v) is 9.20. The number of aryl methyl sites for hydroxylation is 2. The van der Waals surface area contributed by atoms with Gasteiger partial charge < -0.3 is 4.57 Å². The zero-order valence-electron chi connectivity index (χ0n) is 16.0. The molecular formula is C20H17ClFN5O2. The predicted molar refractivity (Wildman–Crippen MR) is 107 cm³/mol. The lowest BCUT2D eigenvalue weighted by molar-refractivity contribution is 0.0970. The van der Waals surface area contributed by atoms with Crippen molar-refractivity contribution in [2.45, 2.75) is 20.4 Å². The summed E-state index contributed by atoms with van der Waals surface area (Å²) in [5.74, 6) is -0.739. The van der Waals surface area contributed by atoms with Crippen LogP contribution < -0.4 is 5.56 Å². The Morgan fingerprint density at radius 2 is 2.00 bits per heavy atom. The van der Waals surface area contributed by atoms with Gasteiger partial charge in [-0.2, -0.15) is 5.10 Å². The summed E-state index contributed by atoms with van der Waals surface area (Å²) in [4.78, 5) is 29.8. The summed E-state index contributed by atoms with van der Waals surface area (Å²) in [6, 6.07) is 6.14. The van der Waals surface area contributed by atoms with E-state index in [1.807, 2.05) is 11.5 Å². The number of hydrogen-bond donors (Lipinski definition) is 0. The van der Waals surface area contributed by atoms with E-state index in [9.17, 15) is 14.0 Å². The van der Waals surface area contributed by atoms with E-state index in [2.05, 4.69) is 10.1 Å². The topological polar surface area (TPSA) is 74.7 Å². The number of nitrogens with zero attached hydrogens (tertiary/aromatic N) is 5. The Hall–Kier alpha value is -3.26. The Labute approximate surface area is 170 Å². The molecule has 0 saturated heterocycles. The monoisotopic (exact) mass is 413 g/mol. The Balaban J connectivity index is 1.71. The van der Waals surface area contributed by atoms with Gasteiger partial charge in [-0.15, -0.1) is 0 Å². The summed E-state index contributed by atoms with van der Waals surface area (Å²) in [6.45, 7) is 3.49. The summed E-state index contributed by atoms with van der Waals surface area (Å²) >= 11 is 5.90. The molecule has 3 aromatic heterocycles. The maximum absolute atomic E-state index is 13.5. The van der Waals surface area contributed by atoms with Crippen LogP contribution in [0.4, 0.5) is 4.39 Å². The van der Waals surface area contributed by atoms with Gasteiger partial charge >= 0.3 is 0 Å². The fraction of sp³-hybridized carbons (Fsp3) is 0.200. The number of carbonyl (C=O) groups is 1. The molecule has 0 radical (unpaired) electrons. The highest BCUT2D eigenvalue weighted by Gasteiger charge is 2.19. The zero-order chi connectivity index (χ0) is 20.9. The Morgan fingerprint density at radius 1 is 1.24 bits per heavy atom. The van der Waals surface area contributed by atoms with Crippen LogP contribution in [0, 0.1) is 19.7 Å². The molecule has 7 nitrogen and oxygen atoms in total. The van der Waals surface area contributed by atoms with Crippen LogP contribution in [0.1, 0.15) is 21.7 Å². The number of ketones is 1. The molecule has 148 valence electrons. The summed E-state index contributed by atoms with van der Waals surface area (Å²) in [6.07, 6.45) is 2.79. The van der Waals surface area contributed by atoms with Crippen molar-refractivity contribution in [3.8, 4) is 5.69 Å². The van der Waals surface area contributed by atoms with Crippen LogP contribution in [0.5, 0.6) is 0 Å². The van der Waals surface area contributed by atoms with Gasteiger partial charge in [0.15, 0.2) is 11.4 Å². The number of halogens is 2. The molecule has 0 fully saturated rings. The van der Waals surface area contributed by atoms with Crippen molar-refractivity contribution >= 4 is 28.4 Å². The number of fused-ring (bicyclic) bond motifs is 1. The fourth-order valence-corrected chi connectivity index (χ4v) is 3.66. The van der Waals surface area contributed by atoms with E-state index in [-0.39, 0.29) is 22.9 Å². The third-order valence-electron chi connectivity index (χ3n) is 4.93. The molecule has 4 aromatic rings. The molecule has 0 aliphatic carbocycles. The van der Waals surface area contributed by atoms with Crippen molar-refractivity contribution in [2.24, 2.45) is 7.05 Å². The van der Waals surface area contributed by atoms with Crippen LogP contribution in [-0.4, -0.2) is 29.7 Å². The van der Waals surface area contributed by atoms with Crippen LogP contribution >= 0.6 is 11.6 Å². The second-order valence-corrected chi connectivity index (χ2v) is 7.23. The zero-order valence-corrected chi connectivity index (χ0v) is 16.7. The van der Waals surface area contributed by atoms with Crippen LogP contribution in [0.2, 0.25) is 5.02 Å². The van der Waals surface area contributed by atoms with Gasteiger partial charge in [-0.3, -0.25) is 18.8 Å². The Bertz CT molecular complexity index is 1330. The maximum Gasteiger partial charge on any atom is 0.264 e. The van der Waals surface area contributed by atoms with Crippen LogP contribution in [-0.2, 0) is 13.6 Å². The quantitative estimate of drug-likeness (QED) is 0.481. The number of rotatable bonds is 4.